The average Bonchev–Trinajstić information content (AvgIpc) is 3.24. The lowest BCUT2D eigenvalue weighted by Crippen LogP contribution is -2.53. The van der Waals surface area contributed by atoms with Gasteiger partial charge in [-0.3, -0.25) is 9.69 Å². The zero-order chi connectivity index (χ0) is 20.8. The first kappa shape index (κ1) is 19.8. The Bertz CT molecular complexity index is 867. The molecule has 3 heterocycles. The van der Waals surface area contributed by atoms with Crippen LogP contribution in [0.2, 0.25) is 0 Å². The molecule has 1 aromatic rings. The third kappa shape index (κ3) is 2.82. The molecule has 1 amide bonds. The Hall–Kier alpha value is -2.54. The van der Waals surface area contributed by atoms with Crippen LogP contribution in [-0.2, 0) is 24.5 Å². The Balaban J connectivity index is 1.77. The summed E-state index contributed by atoms with van der Waals surface area (Å²) in [5.41, 5.74) is 1.10. The molecule has 2 saturated heterocycles. The summed E-state index contributed by atoms with van der Waals surface area (Å²) in [6.45, 7) is 3.70. The van der Waals surface area contributed by atoms with E-state index < -0.39 is 11.4 Å². The van der Waals surface area contributed by atoms with Gasteiger partial charge in [-0.05, 0) is 43.4 Å². The highest BCUT2D eigenvalue weighted by Gasteiger charge is 2.61. The van der Waals surface area contributed by atoms with Crippen molar-refractivity contribution in [3.05, 3.63) is 35.6 Å². The number of carbonyl (C=O) groups excluding carboxylic acids is 2. The normalized spacial score (nSPS) is 31.3. The first-order chi connectivity index (χ1) is 14.0. The topological polar surface area (TPSA) is 88.1 Å². The number of carbonyl (C=O) groups is 2. The van der Waals surface area contributed by atoms with Gasteiger partial charge in [0.2, 0.25) is 5.91 Å². The van der Waals surface area contributed by atoms with Gasteiger partial charge in [-0.2, -0.15) is 0 Å². The molecular formula is C22H28N2O5. The number of anilines is 1. The van der Waals surface area contributed by atoms with E-state index in [9.17, 15) is 14.7 Å². The number of phenolic OH excluding ortho intramolecular Hbond substituents is 1. The van der Waals surface area contributed by atoms with E-state index in [0.29, 0.717) is 29.7 Å². The molecule has 4 atom stereocenters. The van der Waals surface area contributed by atoms with Gasteiger partial charge in [0.05, 0.1) is 31.5 Å². The molecule has 4 rings (SSSR count). The monoisotopic (exact) mass is 400 g/mol. The quantitative estimate of drug-likeness (QED) is 0.458. The van der Waals surface area contributed by atoms with E-state index in [2.05, 4.69) is 17.1 Å². The van der Waals surface area contributed by atoms with Crippen LogP contribution in [0.5, 0.6) is 5.75 Å². The molecule has 0 saturated carbocycles. The highest BCUT2D eigenvalue weighted by atomic mass is 16.5. The summed E-state index contributed by atoms with van der Waals surface area (Å²) in [7, 11) is 2.90. The van der Waals surface area contributed by atoms with Gasteiger partial charge >= 0.3 is 5.97 Å². The molecule has 7 nitrogen and oxygen atoms in total. The number of methoxy groups -OCH3 is 2. The SMILES string of the molecule is CCC1CN2CCC3(C(=O)Nc4cccc(O)c43)C2CC1C(=COC)C(=O)OC. The van der Waals surface area contributed by atoms with Gasteiger partial charge in [-0.25, -0.2) is 4.79 Å². The second-order valence-electron chi connectivity index (χ2n) is 8.20. The van der Waals surface area contributed by atoms with Crippen LogP contribution < -0.4 is 5.32 Å². The van der Waals surface area contributed by atoms with Crippen molar-refractivity contribution in [3.8, 4) is 5.75 Å². The molecule has 29 heavy (non-hydrogen) atoms. The number of aromatic hydroxyl groups is 1. The van der Waals surface area contributed by atoms with Gasteiger partial charge in [0.25, 0.3) is 0 Å². The number of phenols is 1. The van der Waals surface area contributed by atoms with Crippen LogP contribution in [0.4, 0.5) is 5.69 Å². The minimum atomic E-state index is -0.800. The first-order valence-electron chi connectivity index (χ1n) is 10.2. The van der Waals surface area contributed by atoms with E-state index in [4.69, 9.17) is 9.47 Å². The van der Waals surface area contributed by atoms with E-state index in [1.807, 2.05) is 6.07 Å². The molecule has 0 bridgehead atoms. The molecule has 2 N–H and O–H groups in total. The summed E-state index contributed by atoms with van der Waals surface area (Å²) in [5.74, 6) is -0.125. The molecular weight excluding hydrogens is 372 g/mol. The van der Waals surface area contributed by atoms with E-state index >= 15 is 0 Å². The minimum absolute atomic E-state index is 0.0643. The Morgan fingerprint density at radius 2 is 2.21 bits per heavy atom. The summed E-state index contributed by atoms with van der Waals surface area (Å²) >= 11 is 0. The molecule has 4 unspecified atom stereocenters. The predicted octanol–water partition coefficient (Wildman–Crippen LogP) is 2.41. The fraction of sp³-hybridized carbons (Fsp3) is 0.545. The van der Waals surface area contributed by atoms with Crippen molar-refractivity contribution in [1.82, 2.24) is 4.90 Å². The van der Waals surface area contributed by atoms with Crippen molar-refractivity contribution in [1.29, 1.82) is 0 Å². The number of rotatable bonds is 4. The van der Waals surface area contributed by atoms with Gasteiger partial charge in [0, 0.05) is 23.8 Å². The van der Waals surface area contributed by atoms with Crippen LogP contribution >= 0.6 is 0 Å². The zero-order valence-corrected chi connectivity index (χ0v) is 17.1. The fourth-order valence-corrected chi connectivity index (χ4v) is 5.73. The molecule has 156 valence electrons. The van der Waals surface area contributed by atoms with Crippen LogP contribution in [0.3, 0.4) is 0 Å². The second-order valence-corrected chi connectivity index (χ2v) is 8.20. The maximum atomic E-state index is 13.2. The maximum absolute atomic E-state index is 13.2. The third-order valence-corrected chi connectivity index (χ3v) is 7.05. The van der Waals surface area contributed by atoms with Crippen LogP contribution in [0.15, 0.2) is 30.0 Å². The van der Waals surface area contributed by atoms with E-state index in [0.717, 1.165) is 19.5 Å². The lowest BCUT2D eigenvalue weighted by atomic mass is 9.67. The smallest absolute Gasteiger partial charge is 0.337 e. The molecule has 1 spiro atoms. The lowest BCUT2D eigenvalue weighted by molar-refractivity contribution is -0.137. The number of hydrogen-bond donors (Lipinski definition) is 2. The zero-order valence-electron chi connectivity index (χ0n) is 17.1. The Morgan fingerprint density at radius 3 is 2.90 bits per heavy atom. The summed E-state index contributed by atoms with van der Waals surface area (Å²) in [5, 5.41) is 13.6. The number of nitrogens with zero attached hydrogens (tertiary/aromatic N) is 1. The van der Waals surface area contributed by atoms with Crippen molar-refractivity contribution < 1.29 is 24.2 Å². The molecule has 7 heteroatoms. The number of piperidine rings is 1. The highest BCUT2D eigenvalue weighted by Crippen LogP contribution is 2.55. The first-order valence-corrected chi connectivity index (χ1v) is 10.2. The Morgan fingerprint density at radius 1 is 1.41 bits per heavy atom. The standard InChI is InChI=1S/C22H28N2O5/c1-4-13-11-24-9-8-22(19-16(23-21(22)27)6-5-7-17(19)25)18(24)10-14(13)15(12-28-2)20(26)29-3/h5-7,12-14,18,25H,4,8-11H2,1-3H3,(H,23,27). The molecule has 3 aliphatic rings. The number of benzene rings is 1. The average molecular weight is 400 g/mol. The summed E-state index contributed by atoms with van der Waals surface area (Å²) < 4.78 is 10.2. The van der Waals surface area contributed by atoms with Crippen LogP contribution in [-0.4, -0.2) is 55.2 Å². The van der Waals surface area contributed by atoms with Crippen LogP contribution in [0, 0.1) is 11.8 Å². The number of fused-ring (bicyclic) bond motifs is 4. The Labute approximate surface area is 170 Å². The second kappa shape index (κ2) is 7.37. The number of amides is 1. The van der Waals surface area contributed by atoms with Gasteiger partial charge in [-0.1, -0.05) is 19.4 Å². The van der Waals surface area contributed by atoms with Crippen molar-refractivity contribution in [2.75, 3.05) is 32.6 Å². The van der Waals surface area contributed by atoms with Gasteiger partial charge in [0.15, 0.2) is 0 Å². The van der Waals surface area contributed by atoms with Crippen molar-refractivity contribution in [2.24, 2.45) is 11.8 Å². The minimum Gasteiger partial charge on any atom is -0.508 e. The fourth-order valence-electron chi connectivity index (χ4n) is 5.73. The number of nitrogens with one attached hydrogen (secondary N) is 1. The summed E-state index contributed by atoms with van der Waals surface area (Å²) in [6.07, 6.45) is 3.67. The maximum Gasteiger partial charge on any atom is 0.337 e. The van der Waals surface area contributed by atoms with Crippen molar-refractivity contribution >= 4 is 17.6 Å². The van der Waals surface area contributed by atoms with E-state index in [-0.39, 0.29) is 29.5 Å². The van der Waals surface area contributed by atoms with Crippen LogP contribution in [0.25, 0.3) is 0 Å². The predicted molar refractivity (Wildman–Crippen MR) is 107 cm³/mol. The van der Waals surface area contributed by atoms with Gasteiger partial charge in [0.1, 0.15) is 5.75 Å². The summed E-state index contributed by atoms with van der Waals surface area (Å²) in [4.78, 5) is 28.1. The molecule has 3 aliphatic heterocycles. The third-order valence-electron chi connectivity index (χ3n) is 7.05. The van der Waals surface area contributed by atoms with Gasteiger partial charge in [-0.15, -0.1) is 0 Å². The molecule has 0 aromatic heterocycles. The number of ether oxygens (including phenoxy) is 2. The number of esters is 1. The van der Waals surface area contributed by atoms with Gasteiger partial charge < -0.3 is 19.9 Å². The molecule has 1 aromatic carbocycles. The van der Waals surface area contributed by atoms with Crippen molar-refractivity contribution in [2.45, 2.75) is 37.6 Å². The van der Waals surface area contributed by atoms with Crippen LogP contribution in [0.1, 0.15) is 31.7 Å². The Kier molecular flexibility index (Phi) is 5.02. The van der Waals surface area contributed by atoms with Crippen molar-refractivity contribution in [3.63, 3.8) is 0 Å². The van der Waals surface area contributed by atoms with E-state index in [1.165, 1.54) is 20.5 Å². The summed E-state index contributed by atoms with van der Waals surface area (Å²) in [6, 6.07) is 5.12. The largest absolute Gasteiger partial charge is 0.508 e. The molecule has 0 aliphatic carbocycles. The number of hydrogen-bond acceptors (Lipinski definition) is 6. The van der Waals surface area contributed by atoms with E-state index in [1.54, 1.807) is 12.1 Å². The molecule has 0 radical (unpaired) electrons. The highest BCUT2D eigenvalue weighted by molar-refractivity contribution is 6.08. The lowest BCUT2D eigenvalue weighted by Gasteiger charge is -2.45. The molecule has 2 fully saturated rings.